The van der Waals surface area contributed by atoms with E-state index in [0.717, 1.165) is 31.4 Å². The number of sulfone groups is 1. The fourth-order valence-corrected chi connectivity index (χ4v) is 4.91. The highest BCUT2D eigenvalue weighted by molar-refractivity contribution is 7.92. The van der Waals surface area contributed by atoms with E-state index in [0.29, 0.717) is 16.0 Å². The van der Waals surface area contributed by atoms with Gasteiger partial charge in [-0.3, -0.25) is 0 Å². The molecule has 1 unspecified atom stereocenters. The van der Waals surface area contributed by atoms with E-state index in [1.165, 1.54) is 12.8 Å². The minimum absolute atomic E-state index is 0.202. The number of nitrogens with one attached hydrogen (secondary N) is 1. The Morgan fingerprint density at radius 1 is 1.26 bits per heavy atom. The summed E-state index contributed by atoms with van der Waals surface area (Å²) in [6.07, 6.45) is 4.86. The Balaban J connectivity index is 1.81. The van der Waals surface area contributed by atoms with Crippen molar-refractivity contribution in [1.82, 2.24) is 5.32 Å². The van der Waals surface area contributed by atoms with Crippen LogP contribution in [0, 0.1) is 0 Å². The first-order valence-electron chi connectivity index (χ1n) is 6.83. The van der Waals surface area contributed by atoms with Crippen molar-refractivity contribution in [3.8, 4) is 0 Å². The third kappa shape index (κ3) is 2.81. The minimum Gasteiger partial charge on any atom is -0.314 e. The third-order valence-electron chi connectivity index (χ3n) is 3.91. The highest BCUT2D eigenvalue weighted by Crippen LogP contribution is 2.36. The average molecular weight is 300 g/mol. The van der Waals surface area contributed by atoms with E-state index in [2.05, 4.69) is 5.32 Å². The summed E-state index contributed by atoms with van der Waals surface area (Å²) in [5.74, 6) is 0. The summed E-state index contributed by atoms with van der Waals surface area (Å²) in [5.41, 5.74) is 1.11. The van der Waals surface area contributed by atoms with Crippen LogP contribution in [0.3, 0.4) is 0 Å². The van der Waals surface area contributed by atoms with Crippen LogP contribution in [0.1, 0.15) is 31.2 Å². The molecule has 1 aliphatic heterocycles. The van der Waals surface area contributed by atoms with E-state index in [9.17, 15) is 8.42 Å². The summed E-state index contributed by atoms with van der Waals surface area (Å²) in [7, 11) is -3.19. The molecule has 104 valence electrons. The SMILES string of the molecule is O=S(=O)(c1ccc(CC2CCCN2)cc1Cl)C1CC1. The zero-order valence-corrected chi connectivity index (χ0v) is 12.3. The standard InChI is InChI=1S/C14H18ClNO2S/c15-13-9-10(8-11-2-1-7-16-11)3-6-14(13)19(17,18)12-4-5-12/h3,6,9,11-12,16H,1-2,4-5,7-8H2. The van der Waals surface area contributed by atoms with Gasteiger partial charge in [0.1, 0.15) is 0 Å². The number of hydrogen-bond acceptors (Lipinski definition) is 3. The van der Waals surface area contributed by atoms with Gasteiger partial charge in [0.15, 0.2) is 9.84 Å². The minimum atomic E-state index is -3.19. The van der Waals surface area contributed by atoms with Crippen molar-refractivity contribution in [2.45, 2.75) is 48.3 Å². The molecule has 5 heteroatoms. The van der Waals surface area contributed by atoms with Crippen LogP contribution in [0.25, 0.3) is 0 Å². The lowest BCUT2D eigenvalue weighted by atomic mass is 10.1. The van der Waals surface area contributed by atoms with Gasteiger partial charge in [-0.2, -0.15) is 0 Å². The van der Waals surface area contributed by atoms with Crippen LogP contribution in [0.2, 0.25) is 5.02 Å². The third-order valence-corrected chi connectivity index (χ3v) is 6.65. The van der Waals surface area contributed by atoms with Gasteiger partial charge in [0.2, 0.25) is 0 Å². The molecule has 3 nitrogen and oxygen atoms in total. The topological polar surface area (TPSA) is 46.2 Å². The van der Waals surface area contributed by atoms with Crippen LogP contribution in [-0.2, 0) is 16.3 Å². The van der Waals surface area contributed by atoms with Gasteiger partial charge in [0.05, 0.1) is 15.2 Å². The van der Waals surface area contributed by atoms with Gasteiger partial charge in [-0.15, -0.1) is 0 Å². The lowest BCUT2D eigenvalue weighted by Crippen LogP contribution is -2.23. The van der Waals surface area contributed by atoms with Crippen LogP contribution in [-0.4, -0.2) is 26.3 Å². The molecule has 1 saturated heterocycles. The number of benzene rings is 1. The van der Waals surface area contributed by atoms with E-state index in [-0.39, 0.29) is 5.25 Å². The van der Waals surface area contributed by atoms with Crippen molar-refractivity contribution >= 4 is 21.4 Å². The predicted octanol–water partition coefficient (Wildman–Crippen LogP) is 2.57. The molecule has 0 bridgehead atoms. The Labute approximate surface area is 119 Å². The highest BCUT2D eigenvalue weighted by Gasteiger charge is 2.38. The Morgan fingerprint density at radius 2 is 2.05 bits per heavy atom. The summed E-state index contributed by atoms with van der Waals surface area (Å²) in [6, 6.07) is 5.90. The van der Waals surface area contributed by atoms with Crippen LogP contribution in [0.15, 0.2) is 23.1 Å². The molecular weight excluding hydrogens is 282 g/mol. The molecule has 1 aromatic carbocycles. The first-order chi connectivity index (χ1) is 9.07. The molecule has 1 saturated carbocycles. The van der Waals surface area contributed by atoms with Gasteiger partial charge in [-0.05, 0) is 56.3 Å². The fraction of sp³-hybridized carbons (Fsp3) is 0.571. The van der Waals surface area contributed by atoms with Gasteiger partial charge in [-0.25, -0.2) is 8.42 Å². The Hall–Kier alpha value is -0.580. The fourth-order valence-electron chi connectivity index (χ4n) is 2.68. The van der Waals surface area contributed by atoms with Crippen molar-refractivity contribution in [3.63, 3.8) is 0 Å². The maximum Gasteiger partial charge on any atom is 0.182 e. The molecular formula is C14H18ClNO2S. The molecule has 1 N–H and O–H groups in total. The lowest BCUT2D eigenvalue weighted by molar-refractivity contribution is 0.594. The second kappa shape index (κ2) is 5.08. The van der Waals surface area contributed by atoms with Crippen molar-refractivity contribution in [2.24, 2.45) is 0 Å². The largest absolute Gasteiger partial charge is 0.314 e. The average Bonchev–Trinajstić information content (AvgIpc) is 3.10. The van der Waals surface area contributed by atoms with Gasteiger partial charge >= 0.3 is 0 Å². The van der Waals surface area contributed by atoms with Crippen LogP contribution in [0.5, 0.6) is 0 Å². The summed E-state index contributed by atoms with van der Waals surface area (Å²) in [5, 5.41) is 3.61. The van der Waals surface area contributed by atoms with E-state index in [1.54, 1.807) is 6.07 Å². The Bertz CT molecular complexity index is 575. The molecule has 1 heterocycles. The zero-order chi connectivity index (χ0) is 13.5. The molecule has 19 heavy (non-hydrogen) atoms. The molecule has 1 atom stereocenters. The number of rotatable bonds is 4. The molecule has 1 aliphatic carbocycles. The van der Waals surface area contributed by atoms with Crippen molar-refractivity contribution in [1.29, 1.82) is 0 Å². The van der Waals surface area contributed by atoms with Gasteiger partial charge in [-0.1, -0.05) is 17.7 Å². The Kier molecular flexibility index (Phi) is 3.58. The molecule has 0 aromatic heterocycles. The number of hydrogen-bond donors (Lipinski definition) is 1. The molecule has 1 aromatic rings. The van der Waals surface area contributed by atoms with Crippen LogP contribution < -0.4 is 5.32 Å². The normalized spacial score (nSPS) is 23.7. The first kappa shape index (κ1) is 13.4. The van der Waals surface area contributed by atoms with Crippen molar-refractivity contribution in [3.05, 3.63) is 28.8 Å². The summed E-state index contributed by atoms with van der Waals surface area (Å²) in [6.45, 7) is 1.08. The maximum absolute atomic E-state index is 12.2. The van der Waals surface area contributed by atoms with Gasteiger partial charge in [0, 0.05) is 6.04 Å². The number of halogens is 1. The van der Waals surface area contributed by atoms with Crippen LogP contribution in [0.4, 0.5) is 0 Å². The monoisotopic (exact) mass is 299 g/mol. The first-order valence-corrected chi connectivity index (χ1v) is 8.75. The van der Waals surface area contributed by atoms with Gasteiger partial charge < -0.3 is 5.32 Å². The second-order valence-corrected chi connectivity index (χ2v) is 8.11. The molecule has 0 radical (unpaired) electrons. The predicted molar refractivity (Wildman–Crippen MR) is 76.4 cm³/mol. The van der Waals surface area contributed by atoms with E-state index in [1.807, 2.05) is 12.1 Å². The highest BCUT2D eigenvalue weighted by atomic mass is 35.5. The quantitative estimate of drug-likeness (QED) is 0.929. The summed E-state index contributed by atoms with van der Waals surface area (Å²) in [4.78, 5) is 0.305. The molecule has 0 spiro atoms. The van der Waals surface area contributed by atoms with E-state index in [4.69, 9.17) is 11.6 Å². The van der Waals surface area contributed by atoms with E-state index < -0.39 is 9.84 Å². The molecule has 2 aliphatic rings. The molecule has 0 amide bonds. The van der Waals surface area contributed by atoms with E-state index >= 15 is 0 Å². The van der Waals surface area contributed by atoms with Crippen LogP contribution >= 0.6 is 11.6 Å². The maximum atomic E-state index is 12.2. The van der Waals surface area contributed by atoms with Gasteiger partial charge in [0.25, 0.3) is 0 Å². The Morgan fingerprint density at radius 3 is 2.63 bits per heavy atom. The second-order valence-electron chi connectivity index (χ2n) is 5.51. The summed E-state index contributed by atoms with van der Waals surface area (Å²) >= 11 is 6.17. The molecule has 3 rings (SSSR count). The zero-order valence-electron chi connectivity index (χ0n) is 10.7. The van der Waals surface area contributed by atoms with Crippen molar-refractivity contribution in [2.75, 3.05) is 6.54 Å². The smallest absolute Gasteiger partial charge is 0.182 e. The van der Waals surface area contributed by atoms with Crippen molar-refractivity contribution < 1.29 is 8.42 Å². The lowest BCUT2D eigenvalue weighted by Gasteiger charge is -2.12. The summed E-state index contributed by atoms with van der Waals surface area (Å²) < 4.78 is 24.3. The molecule has 2 fully saturated rings.